The van der Waals surface area contributed by atoms with Gasteiger partial charge in [-0.05, 0) is 6.42 Å². The van der Waals surface area contributed by atoms with Crippen LogP contribution in [0.2, 0.25) is 0 Å². The molecule has 2 aromatic heterocycles. The van der Waals surface area contributed by atoms with Gasteiger partial charge in [0.1, 0.15) is 12.0 Å². The Hall–Kier alpha value is -2.78. The van der Waals surface area contributed by atoms with Crippen LogP contribution < -0.4 is 10.6 Å². The summed E-state index contributed by atoms with van der Waals surface area (Å²) in [6.45, 7) is 0.435. The van der Waals surface area contributed by atoms with Crippen LogP contribution in [0.5, 0.6) is 0 Å². The lowest BCUT2D eigenvalue weighted by Crippen LogP contribution is -2.25. The van der Waals surface area contributed by atoms with Gasteiger partial charge in [-0.1, -0.05) is 0 Å². The predicted molar refractivity (Wildman–Crippen MR) is 75.5 cm³/mol. The maximum absolute atomic E-state index is 13.0. The average Bonchev–Trinajstić information content (AvgIpc) is 3.02. The first kappa shape index (κ1) is 16.1. The van der Waals surface area contributed by atoms with Crippen LogP contribution in [0.4, 0.5) is 18.9 Å². The summed E-state index contributed by atoms with van der Waals surface area (Å²) in [7, 11) is 1.12. The van der Waals surface area contributed by atoms with E-state index in [0.717, 1.165) is 19.5 Å². The number of fused-ring (bicyclic) bond motifs is 1. The Morgan fingerprint density at radius 3 is 2.92 bits per heavy atom. The summed E-state index contributed by atoms with van der Waals surface area (Å²) in [5.41, 5.74) is -1.63. The molecule has 0 aliphatic carbocycles. The van der Waals surface area contributed by atoms with Crippen molar-refractivity contribution in [3.8, 4) is 0 Å². The van der Waals surface area contributed by atoms with Crippen LogP contribution in [0.1, 0.15) is 38.6 Å². The van der Waals surface area contributed by atoms with Crippen LogP contribution in [-0.2, 0) is 19.6 Å². The molecule has 2 N–H and O–H groups in total. The van der Waals surface area contributed by atoms with Gasteiger partial charge in [-0.2, -0.15) is 18.3 Å². The number of rotatable bonds is 2. The summed E-state index contributed by atoms with van der Waals surface area (Å²) in [5.74, 6) is -1.00. The molecule has 3 heterocycles. The Morgan fingerprint density at radius 1 is 1.46 bits per heavy atom. The molecule has 0 aromatic carbocycles. The van der Waals surface area contributed by atoms with Gasteiger partial charge in [0.15, 0.2) is 5.69 Å². The Balaban J connectivity index is 1.93. The van der Waals surface area contributed by atoms with E-state index in [2.05, 4.69) is 15.7 Å². The van der Waals surface area contributed by atoms with Crippen molar-refractivity contribution in [1.29, 1.82) is 0 Å². The molecular formula is C14H13F3N4O3. The average molecular weight is 342 g/mol. The summed E-state index contributed by atoms with van der Waals surface area (Å²) in [6, 6.07) is 0. The normalized spacial score (nSPS) is 14.8. The smallest absolute Gasteiger partial charge is 0.435 e. The number of carbonyl (C=O) groups excluding carboxylic acids is 2. The quantitative estimate of drug-likeness (QED) is 0.873. The molecule has 0 atom stereocenters. The zero-order chi connectivity index (χ0) is 17.5. The lowest BCUT2D eigenvalue weighted by Gasteiger charge is -2.10. The van der Waals surface area contributed by atoms with Gasteiger partial charge >= 0.3 is 6.18 Å². The Bertz CT molecular complexity index is 807. The van der Waals surface area contributed by atoms with E-state index in [4.69, 9.17) is 4.42 Å². The fourth-order valence-electron chi connectivity index (χ4n) is 2.59. The van der Waals surface area contributed by atoms with E-state index in [1.807, 2.05) is 0 Å². The molecule has 128 valence electrons. The molecule has 0 radical (unpaired) electrons. The van der Waals surface area contributed by atoms with Crippen LogP contribution in [-0.4, -0.2) is 28.1 Å². The summed E-state index contributed by atoms with van der Waals surface area (Å²) in [4.78, 5) is 24.4. The number of furan rings is 1. The highest BCUT2D eigenvalue weighted by Gasteiger charge is 2.38. The first-order valence-electron chi connectivity index (χ1n) is 7.08. The molecule has 0 fully saturated rings. The number of aromatic nitrogens is 2. The number of alkyl halides is 3. The SMILES string of the molecule is Cn1ncc(NC(=O)c2coc3c2C(=O)NCCC3)c1C(F)(F)F. The maximum Gasteiger partial charge on any atom is 0.435 e. The molecule has 2 aromatic rings. The second kappa shape index (κ2) is 5.69. The first-order valence-corrected chi connectivity index (χ1v) is 7.08. The van der Waals surface area contributed by atoms with Crippen molar-refractivity contribution >= 4 is 17.5 Å². The number of halogens is 3. The number of aryl methyl sites for hydroxylation is 2. The second-order valence-corrected chi connectivity index (χ2v) is 5.29. The summed E-state index contributed by atoms with van der Waals surface area (Å²) in [6.07, 6.45) is -1.59. The van der Waals surface area contributed by atoms with Crippen molar-refractivity contribution in [2.75, 3.05) is 11.9 Å². The minimum Gasteiger partial charge on any atom is -0.468 e. The summed E-state index contributed by atoms with van der Waals surface area (Å²) < 4.78 is 44.9. The molecule has 10 heteroatoms. The van der Waals surface area contributed by atoms with Gasteiger partial charge in [0.05, 0.1) is 23.0 Å². The molecule has 7 nitrogen and oxygen atoms in total. The van der Waals surface area contributed by atoms with Crippen LogP contribution in [0.15, 0.2) is 16.9 Å². The molecule has 1 aliphatic heterocycles. The maximum atomic E-state index is 13.0. The fourth-order valence-corrected chi connectivity index (χ4v) is 2.59. The van der Waals surface area contributed by atoms with Crippen molar-refractivity contribution in [1.82, 2.24) is 15.1 Å². The van der Waals surface area contributed by atoms with Crippen LogP contribution in [0.3, 0.4) is 0 Å². The third kappa shape index (κ3) is 2.74. The van der Waals surface area contributed by atoms with E-state index < -0.39 is 29.4 Å². The highest BCUT2D eigenvalue weighted by molar-refractivity contribution is 6.12. The highest BCUT2D eigenvalue weighted by atomic mass is 19.4. The highest BCUT2D eigenvalue weighted by Crippen LogP contribution is 2.34. The number of nitrogens with zero attached hydrogens (tertiary/aromatic N) is 2. The number of hydrogen-bond donors (Lipinski definition) is 2. The number of nitrogens with one attached hydrogen (secondary N) is 2. The van der Waals surface area contributed by atoms with E-state index in [0.29, 0.717) is 29.8 Å². The molecule has 0 saturated heterocycles. The fraction of sp³-hybridized carbons (Fsp3) is 0.357. The van der Waals surface area contributed by atoms with Gasteiger partial charge in [-0.3, -0.25) is 14.3 Å². The van der Waals surface area contributed by atoms with Gasteiger partial charge in [0, 0.05) is 20.0 Å². The number of amides is 2. The Kier molecular flexibility index (Phi) is 3.82. The Labute approximate surface area is 133 Å². The molecule has 0 spiro atoms. The van der Waals surface area contributed by atoms with Crippen molar-refractivity contribution in [3.05, 3.63) is 35.0 Å². The summed E-state index contributed by atoms with van der Waals surface area (Å²) >= 11 is 0. The molecule has 0 unspecified atom stereocenters. The third-order valence-corrected chi connectivity index (χ3v) is 3.66. The standard InChI is InChI=1S/C14H13F3N4O3/c1-21-11(14(15,16)17)8(5-19-21)20-12(22)7-6-24-9-3-2-4-18-13(23)10(7)9/h5-6H,2-4H2,1H3,(H,18,23)(H,20,22). The zero-order valence-corrected chi connectivity index (χ0v) is 12.5. The van der Waals surface area contributed by atoms with E-state index in [1.165, 1.54) is 0 Å². The largest absolute Gasteiger partial charge is 0.468 e. The van der Waals surface area contributed by atoms with E-state index in [1.54, 1.807) is 0 Å². The zero-order valence-electron chi connectivity index (χ0n) is 12.5. The van der Waals surface area contributed by atoms with Gasteiger partial charge in [-0.15, -0.1) is 0 Å². The summed E-state index contributed by atoms with van der Waals surface area (Å²) in [5, 5.41) is 8.27. The molecule has 3 rings (SSSR count). The minimum absolute atomic E-state index is 0.0578. The molecule has 24 heavy (non-hydrogen) atoms. The van der Waals surface area contributed by atoms with Crippen LogP contribution >= 0.6 is 0 Å². The van der Waals surface area contributed by atoms with Gasteiger partial charge in [-0.25, -0.2) is 0 Å². The second-order valence-electron chi connectivity index (χ2n) is 5.29. The minimum atomic E-state index is -4.68. The molecule has 0 saturated carbocycles. The number of anilines is 1. The monoisotopic (exact) mass is 342 g/mol. The Morgan fingerprint density at radius 2 is 2.21 bits per heavy atom. The van der Waals surface area contributed by atoms with Crippen LogP contribution in [0, 0.1) is 0 Å². The first-order chi connectivity index (χ1) is 11.3. The number of carbonyl (C=O) groups is 2. The van der Waals surface area contributed by atoms with Crippen LogP contribution in [0.25, 0.3) is 0 Å². The molecule has 0 bridgehead atoms. The lowest BCUT2D eigenvalue weighted by atomic mass is 10.1. The number of hydrogen-bond acceptors (Lipinski definition) is 4. The molecular weight excluding hydrogens is 329 g/mol. The van der Waals surface area contributed by atoms with E-state index >= 15 is 0 Å². The van der Waals surface area contributed by atoms with Crippen molar-refractivity contribution in [2.45, 2.75) is 19.0 Å². The van der Waals surface area contributed by atoms with Crippen molar-refractivity contribution < 1.29 is 27.2 Å². The topological polar surface area (TPSA) is 89.2 Å². The van der Waals surface area contributed by atoms with Crippen molar-refractivity contribution in [2.24, 2.45) is 7.05 Å². The molecule has 1 aliphatic rings. The van der Waals surface area contributed by atoms with Gasteiger partial charge < -0.3 is 15.1 Å². The van der Waals surface area contributed by atoms with Gasteiger partial charge in [0.25, 0.3) is 11.8 Å². The predicted octanol–water partition coefficient (Wildman–Crippen LogP) is 1.96. The lowest BCUT2D eigenvalue weighted by molar-refractivity contribution is -0.143. The van der Waals surface area contributed by atoms with E-state index in [-0.39, 0.29) is 11.1 Å². The van der Waals surface area contributed by atoms with E-state index in [9.17, 15) is 22.8 Å². The van der Waals surface area contributed by atoms with Gasteiger partial charge in [0.2, 0.25) is 0 Å². The van der Waals surface area contributed by atoms with Crippen molar-refractivity contribution in [3.63, 3.8) is 0 Å². The third-order valence-electron chi connectivity index (χ3n) is 3.66. The molecule has 2 amide bonds.